The lowest BCUT2D eigenvalue weighted by molar-refractivity contribution is -0.167. The summed E-state index contributed by atoms with van der Waals surface area (Å²) in [5, 5.41) is 0. The fourth-order valence-electron chi connectivity index (χ4n) is 5.77. The molecule has 0 heterocycles. The summed E-state index contributed by atoms with van der Waals surface area (Å²) < 4.78 is 16.6. The normalized spacial score (nSPS) is 13.4. The predicted octanol–water partition coefficient (Wildman–Crippen LogP) is 16.1. The zero-order chi connectivity index (χ0) is 45.8. The van der Waals surface area contributed by atoms with Gasteiger partial charge in [-0.15, -0.1) is 0 Å². The average molecular weight is 867 g/mol. The Morgan fingerprint density at radius 1 is 0.317 bits per heavy atom. The number of hydrogen-bond acceptors (Lipinski definition) is 6. The molecule has 0 aliphatic heterocycles. The Morgan fingerprint density at radius 3 is 0.952 bits per heavy atom. The van der Waals surface area contributed by atoms with Crippen molar-refractivity contribution >= 4 is 17.9 Å². The van der Waals surface area contributed by atoms with E-state index in [2.05, 4.69) is 167 Å². The number of esters is 3. The van der Waals surface area contributed by atoms with E-state index < -0.39 is 6.10 Å². The molecule has 0 N–H and O–H groups in total. The number of carbonyl (C=O) groups is 3. The van der Waals surface area contributed by atoms with Crippen LogP contribution in [0.3, 0.4) is 0 Å². The molecule has 0 saturated heterocycles. The lowest BCUT2D eigenvalue weighted by Crippen LogP contribution is -2.30. The van der Waals surface area contributed by atoms with E-state index in [1.165, 1.54) is 0 Å². The Balaban J connectivity index is 4.62. The third kappa shape index (κ3) is 48.2. The van der Waals surface area contributed by atoms with Crippen molar-refractivity contribution in [2.45, 2.75) is 181 Å². The fourth-order valence-corrected chi connectivity index (χ4v) is 5.77. The van der Waals surface area contributed by atoms with Gasteiger partial charge in [0.15, 0.2) is 6.10 Å². The average Bonchev–Trinajstić information content (AvgIpc) is 3.28. The summed E-state index contributed by atoms with van der Waals surface area (Å²) in [5.41, 5.74) is 0. The number of ether oxygens (including phenoxy) is 3. The Kier molecular flexibility index (Phi) is 46.2. The van der Waals surface area contributed by atoms with Crippen molar-refractivity contribution < 1.29 is 28.6 Å². The van der Waals surface area contributed by atoms with E-state index in [1.807, 2.05) is 0 Å². The van der Waals surface area contributed by atoms with Crippen molar-refractivity contribution in [3.63, 3.8) is 0 Å². The maximum Gasteiger partial charge on any atom is 0.306 e. The van der Waals surface area contributed by atoms with Crippen LogP contribution in [0.2, 0.25) is 0 Å². The standard InChI is InChI=1S/C57H86O6/c1-4-7-10-13-16-19-22-25-27-29-31-32-35-38-41-44-47-50-56(59)62-53-54(52-61-55(58)49-46-43-40-37-34-24-21-18-15-12-9-6-3)63-57(60)51-48-45-42-39-36-33-30-28-26-23-20-17-14-11-8-5-2/h7-12,16-21,25-28,31-34,36-38,41,54H,4-6,13-15,22-24,29-30,35,39-40,42-53H2,1-3H3/b10-7-,11-8-,12-9-,19-16-,20-17-,21-18-,27-25-,28-26-,32-31-,36-33-,37-34-,41-38-. The lowest BCUT2D eigenvalue weighted by Gasteiger charge is -2.18. The van der Waals surface area contributed by atoms with E-state index in [-0.39, 0.29) is 50.4 Å². The first-order chi connectivity index (χ1) is 31.0. The predicted molar refractivity (Wildman–Crippen MR) is 269 cm³/mol. The molecule has 0 radical (unpaired) electrons. The van der Waals surface area contributed by atoms with E-state index in [9.17, 15) is 14.4 Å². The molecule has 350 valence electrons. The third-order valence-corrected chi connectivity index (χ3v) is 9.32. The maximum atomic E-state index is 12.8. The van der Waals surface area contributed by atoms with Crippen LogP contribution in [-0.2, 0) is 28.6 Å². The van der Waals surface area contributed by atoms with Gasteiger partial charge in [0, 0.05) is 19.3 Å². The van der Waals surface area contributed by atoms with Crippen LogP contribution in [0, 0.1) is 0 Å². The third-order valence-electron chi connectivity index (χ3n) is 9.32. The minimum atomic E-state index is -0.839. The highest BCUT2D eigenvalue weighted by molar-refractivity contribution is 5.71. The van der Waals surface area contributed by atoms with Crippen LogP contribution >= 0.6 is 0 Å². The van der Waals surface area contributed by atoms with Crippen LogP contribution in [0.15, 0.2) is 146 Å². The summed E-state index contributed by atoms with van der Waals surface area (Å²) >= 11 is 0. The van der Waals surface area contributed by atoms with Crippen molar-refractivity contribution in [3.8, 4) is 0 Å². The molecule has 0 amide bonds. The van der Waals surface area contributed by atoms with E-state index >= 15 is 0 Å². The number of rotatable bonds is 41. The molecular weight excluding hydrogens is 781 g/mol. The monoisotopic (exact) mass is 867 g/mol. The molecule has 0 aromatic rings. The van der Waals surface area contributed by atoms with E-state index in [0.717, 1.165) is 116 Å². The highest BCUT2D eigenvalue weighted by atomic mass is 16.6. The molecule has 0 bridgehead atoms. The second-order valence-electron chi connectivity index (χ2n) is 15.2. The zero-order valence-corrected chi connectivity index (χ0v) is 39.8. The highest BCUT2D eigenvalue weighted by Gasteiger charge is 2.19. The molecule has 0 fully saturated rings. The van der Waals surface area contributed by atoms with Crippen molar-refractivity contribution in [2.24, 2.45) is 0 Å². The largest absolute Gasteiger partial charge is 0.462 e. The van der Waals surface area contributed by atoms with Crippen LogP contribution in [0.4, 0.5) is 0 Å². The van der Waals surface area contributed by atoms with Gasteiger partial charge in [0.05, 0.1) is 0 Å². The number of unbranched alkanes of at least 4 members (excludes halogenated alkanes) is 6. The molecule has 6 nitrogen and oxygen atoms in total. The van der Waals surface area contributed by atoms with Crippen LogP contribution in [0.1, 0.15) is 175 Å². The molecule has 1 atom stereocenters. The number of hydrogen-bond donors (Lipinski definition) is 0. The minimum Gasteiger partial charge on any atom is -0.462 e. The summed E-state index contributed by atoms with van der Waals surface area (Å²) in [6, 6.07) is 0. The summed E-state index contributed by atoms with van der Waals surface area (Å²) in [6.07, 6.45) is 71.3. The molecular formula is C57H86O6. The first-order valence-corrected chi connectivity index (χ1v) is 24.3. The minimum absolute atomic E-state index is 0.136. The molecule has 0 aromatic carbocycles. The van der Waals surface area contributed by atoms with Crippen molar-refractivity contribution in [3.05, 3.63) is 146 Å². The summed E-state index contributed by atoms with van der Waals surface area (Å²) in [7, 11) is 0. The molecule has 0 aromatic heterocycles. The fraction of sp³-hybridized carbons (Fsp3) is 0.526. The molecule has 0 spiro atoms. The van der Waals surface area contributed by atoms with Gasteiger partial charge < -0.3 is 14.2 Å². The van der Waals surface area contributed by atoms with Gasteiger partial charge in [0.1, 0.15) is 13.2 Å². The first-order valence-electron chi connectivity index (χ1n) is 24.3. The van der Waals surface area contributed by atoms with Gasteiger partial charge >= 0.3 is 17.9 Å². The van der Waals surface area contributed by atoms with Crippen molar-refractivity contribution in [1.29, 1.82) is 0 Å². The first kappa shape index (κ1) is 58.3. The Labute approximate surface area is 385 Å². The Hall–Kier alpha value is -4.71. The summed E-state index contributed by atoms with van der Waals surface area (Å²) in [5.74, 6) is -1.08. The molecule has 0 saturated carbocycles. The van der Waals surface area contributed by atoms with Crippen LogP contribution in [0.5, 0.6) is 0 Å². The second-order valence-corrected chi connectivity index (χ2v) is 15.2. The summed E-state index contributed by atoms with van der Waals surface area (Å²) in [6.45, 7) is 6.14. The van der Waals surface area contributed by atoms with Crippen LogP contribution < -0.4 is 0 Å². The maximum absolute atomic E-state index is 12.8. The van der Waals surface area contributed by atoms with Gasteiger partial charge in [-0.3, -0.25) is 14.4 Å². The second kappa shape index (κ2) is 49.9. The van der Waals surface area contributed by atoms with Crippen molar-refractivity contribution in [2.75, 3.05) is 13.2 Å². The van der Waals surface area contributed by atoms with Gasteiger partial charge in [-0.25, -0.2) is 0 Å². The van der Waals surface area contributed by atoms with Gasteiger partial charge in [-0.2, -0.15) is 0 Å². The van der Waals surface area contributed by atoms with Gasteiger partial charge in [0.25, 0.3) is 0 Å². The highest BCUT2D eigenvalue weighted by Crippen LogP contribution is 2.10. The number of carbonyl (C=O) groups excluding carboxylic acids is 3. The molecule has 0 aliphatic carbocycles. The number of allylic oxidation sites excluding steroid dienone is 24. The van der Waals surface area contributed by atoms with Crippen molar-refractivity contribution in [1.82, 2.24) is 0 Å². The summed E-state index contributed by atoms with van der Waals surface area (Å²) in [4.78, 5) is 37.9. The van der Waals surface area contributed by atoms with E-state index in [1.54, 1.807) is 0 Å². The van der Waals surface area contributed by atoms with E-state index in [0.29, 0.717) is 19.3 Å². The smallest absolute Gasteiger partial charge is 0.306 e. The SMILES string of the molecule is CC/C=C\C/C=C\C/C=C\C/C=C\C/C=C\CCCC(=O)OCC(COC(=O)CCCC/C=C\C/C=C\C/C=C\CC)OC(=O)CCCCC/C=C\C/C=C\C/C=C\C/C=C\CC. The molecule has 0 aliphatic rings. The van der Waals surface area contributed by atoms with Gasteiger partial charge in [-0.05, 0) is 128 Å². The Bertz CT molecular complexity index is 1460. The molecule has 63 heavy (non-hydrogen) atoms. The van der Waals surface area contributed by atoms with Crippen LogP contribution in [0.25, 0.3) is 0 Å². The van der Waals surface area contributed by atoms with Crippen LogP contribution in [-0.4, -0.2) is 37.2 Å². The topological polar surface area (TPSA) is 78.9 Å². The van der Waals surface area contributed by atoms with Gasteiger partial charge in [-0.1, -0.05) is 173 Å². The zero-order valence-electron chi connectivity index (χ0n) is 39.8. The lowest BCUT2D eigenvalue weighted by atomic mass is 10.1. The Morgan fingerprint density at radius 2 is 0.587 bits per heavy atom. The van der Waals surface area contributed by atoms with E-state index in [4.69, 9.17) is 14.2 Å². The molecule has 6 heteroatoms. The molecule has 0 rings (SSSR count). The quantitative estimate of drug-likeness (QED) is 0.0264. The van der Waals surface area contributed by atoms with Gasteiger partial charge in [0.2, 0.25) is 0 Å². The molecule has 1 unspecified atom stereocenters.